The summed E-state index contributed by atoms with van der Waals surface area (Å²) >= 11 is 0. The summed E-state index contributed by atoms with van der Waals surface area (Å²) in [6, 6.07) is 11.0. The van der Waals surface area contributed by atoms with E-state index in [-0.39, 0.29) is 0 Å². The Bertz CT molecular complexity index is 293. The average molecular weight is 204 g/mol. The highest BCUT2D eigenvalue weighted by Gasteiger charge is 2.32. The summed E-state index contributed by atoms with van der Waals surface area (Å²) in [6.07, 6.45) is 3.80. The molecule has 2 heteroatoms. The fourth-order valence-corrected chi connectivity index (χ4v) is 2.22. The number of benzene rings is 1. The summed E-state index contributed by atoms with van der Waals surface area (Å²) < 4.78 is 0. The quantitative estimate of drug-likeness (QED) is 0.569. The van der Waals surface area contributed by atoms with E-state index in [4.69, 9.17) is 5.84 Å². The molecule has 15 heavy (non-hydrogen) atoms. The number of hydrogen-bond acceptors (Lipinski definition) is 2. The van der Waals surface area contributed by atoms with Gasteiger partial charge in [0.2, 0.25) is 0 Å². The van der Waals surface area contributed by atoms with Gasteiger partial charge in [0, 0.05) is 6.04 Å². The second-order valence-corrected chi connectivity index (χ2v) is 4.66. The molecule has 0 heterocycles. The van der Waals surface area contributed by atoms with Crippen LogP contribution in [0.15, 0.2) is 30.3 Å². The summed E-state index contributed by atoms with van der Waals surface area (Å²) in [6.45, 7) is 2.31. The maximum atomic E-state index is 5.64. The zero-order chi connectivity index (χ0) is 10.7. The van der Waals surface area contributed by atoms with Gasteiger partial charge in [-0.1, -0.05) is 37.3 Å². The van der Waals surface area contributed by atoms with E-state index in [0.717, 1.165) is 12.3 Å². The molecule has 0 aromatic heterocycles. The van der Waals surface area contributed by atoms with Crippen LogP contribution in [0.1, 0.15) is 25.3 Å². The van der Waals surface area contributed by atoms with Gasteiger partial charge in [0.05, 0.1) is 0 Å². The van der Waals surface area contributed by atoms with Gasteiger partial charge in [-0.15, -0.1) is 0 Å². The average Bonchev–Trinajstić information content (AvgIpc) is 3.10. The van der Waals surface area contributed by atoms with Crippen LogP contribution in [0.25, 0.3) is 0 Å². The molecule has 0 bridgehead atoms. The van der Waals surface area contributed by atoms with Crippen LogP contribution in [-0.4, -0.2) is 6.04 Å². The number of nitrogens with two attached hydrogens (primary N) is 1. The monoisotopic (exact) mass is 204 g/mol. The molecule has 0 aliphatic heterocycles. The molecule has 1 aliphatic rings. The van der Waals surface area contributed by atoms with E-state index in [2.05, 4.69) is 42.7 Å². The fraction of sp³-hybridized carbons (Fsp3) is 0.538. The number of hydrazine groups is 1. The Balaban J connectivity index is 1.95. The van der Waals surface area contributed by atoms with Crippen molar-refractivity contribution in [3.8, 4) is 0 Å². The van der Waals surface area contributed by atoms with Crippen LogP contribution in [-0.2, 0) is 6.42 Å². The van der Waals surface area contributed by atoms with Crippen LogP contribution < -0.4 is 11.3 Å². The Morgan fingerprint density at radius 2 is 2.00 bits per heavy atom. The standard InChI is InChI=1S/C13H20N2/c1-10(12-7-8-12)13(15-14)9-11-5-3-2-4-6-11/h2-6,10,12-13,15H,7-9,14H2,1H3. The van der Waals surface area contributed by atoms with Crippen molar-refractivity contribution >= 4 is 0 Å². The predicted molar refractivity (Wildman–Crippen MR) is 63.1 cm³/mol. The summed E-state index contributed by atoms with van der Waals surface area (Å²) in [5.41, 5.74) is 4.34. The number of hydrogen-bond donors (Lipinski definition) is 2. The molecule has 2 nitrogen and oxygen atoms in total. The van der Waals surface area contributed by atoms with Crippen molar-refractivity contribution in [3.63, 3.8) is 0 Å². The molecular weight excluding hydrogens is 184 g/mol. The van der Waals surface area contributed by atoms with Gasteiger partial charge in [0.15, 0.2) is 0 Å². The minimum atomic E-state index is 0.417. The first-order valence-electron chi connectivity index (χ1n) is 5.81. The Morgan fingerprint density at radius 3 is 2.53 bits per heavy atom. The van der Waals surface area contributed by atoms with Gasteiger partial charge in [0.25, 0.3) is 0 Å². The van der Waals surface area contributed by atoms with E-state index in [1.54, 1.807) is 0 Å². The third kappa shape index (κ3) is 2.80. The van der Waals surface area contributed by atoms with E-state index in [9.17, 15) is 0 Å². The number of nitrogens with one attached hydrogen (secondary N) is 1. The zero-order valence-electron chi connectivity index (χ0n) is 9.32. The highest BCUT2D eigenvalue weighted by Crippen LogP contribution is 2.38. The van der Waals surface area contributed by atoms with E-state index in [1.165, 1.54) is 18.4 Å². The van der Waals surface area contributed by atoms with Crippen molar-refractivity contribution in [3.05, 3.63) is 35.9 Å². The van der Waals surface area contributed by atoms with Crippen molar-refractivity contribution in [1.29, 1.82) is 0 Å². The molecule has 3 N–H and O–H groups in total. The van der Waals surface area contributed by atoms with Crippen molar-refractivity contribution in [2.24, 2.45) is 17.7 Å². The highest BCUT2D eigenvalue weighted by atomic mass is 15.2. The van der Waals surface area contributed by atoms with Crippen LogP contribution in [0.4, 0.5) is 0 Å². The van der Waals surface area contributed by atoms with Gasteiger partial charge in [0.1, 0.15) is 0 Å². The molecule has 0 saturated heterocycles. The second kappa shape index (κ2) is 4.77. The van der Waals surface area contributed by atoms with Crippen LogP contribution in [0, 0.1) is 11.8 Å². The van der Waals surface area contributed by atoms with Crippen molar-refractivity contribution in [2.45, 2.75) is 32.2 Å². The lowest BCUT2D eigenvalue weighted by molar-refractivity contribution is 0.343. The van der Waals surface area contributed by atoms with Gasteiger partial charge < -0.3 is 0 Å². The summed E-state index contributed by atoms with van der Waals surface area (Å²) in [4.78, 5) is 0. The molecule has 1 aromatic rings. The Kier molecular flexibility index (Phi) is 3.39. The van der Waals surface area contributed by atoms with E-state index in [1.807, 2.05) is 0 Å². The van der Waals surface area contributed by atoms with Gasteiger partial charge in [-0.05, 0) is 36.7 Å². The Morgan fingerprint density at radius 1 is 1.33 bits per heavy atom. The molecule has 1 aliphatic carbocycles. The topological polar surface area (TPSA) is 38.0 Å². The van der Waals surface area contributed by atoms with Gasteiger partial charge in [-0.2, -0.15) is 0 Å². The molecule has 0 spiro atoms. The van der Waals surface area contributed by atoms with Gasteiger partial charge >= 0.3 is 0 Å². The second-order valence-electron chi connectivity index (χ2n) is 4.66. The van der Waals surface area contributed by atoms with Crippen LogP contribution in [0.2, 0.25) is 0 Å². The highest BCUT2D eigenvalue weighted by molar-refractivity contribution is 5.16. The lowest BCUT2D eigenvalue weighted by Gasteiger charge is -2.23. The molecule has 0 amide bonds. The first-order valence-corrected chi connectivity index (χ1v) is 5.81. The minimum Gasteiger partial charge on any atom is -0.271 e. The maximum absolute atomic E-state index is 5.64. The lowest BCUT2D eigenvalue weighted by Crippen LogP contribution is -2.42. The van der Waals surface area contributed by atoms with Crippen molar-refractivity contribution < 1.29 is 0 Å². The lowest BCUT2D eigenvalue weighted by atomic mass is 9.92. The van der Waals surface area contributed by atoms with Crippen molar-refractivity contribution in [1.82, 2.24) is 5.43 Å². The molecule has 2 unspecified atom stereocenters. The largest absolute Gasteiger partial charge is 0.271 e. The summed E-state index contributed by atoms with van der Waals surface area (Å²) in [5.74, 6) is 7.23. The van der Waals surface area contributed by atoms with Crippen molar-refractivity contribution in [2.75, 3.05) is 0 Å². The van der Waals surface area contributed by atoms with E-state index in [0.29, 0.717) is 12.0 Å². The molecule has 1 fully saturated rings. The Hall–Kier alpha value is -0.860. The molecule has 2 atom stereocenters. The van der Waals surface area contributed by atoms with Gasteiger partial charge in [-0.3, -0.25) is 11.3 Å². The SMILES string of the molecule is CC(C1CC1)C(Cc1ccccc1)NN. The summed E-state index contributed by atoms with van der Waals surface area (Å²) in [7, 11) is 0. The maximum Gasteiger partial charge on any atom is 0.0279 e. The van der Waals surface area contributed by atoms with Crippen LogP contribution in [0.3, 0.4) is 0 Å². The van der Waals surface area contributed by atoms with E-state index < -0.39 is 0 Å². The molecule has 82 valence electrons. The van der Waals surface area contributed by atoms with Crippen LogP contribution in [0.5, 0.6) is 0 Å². The first-order chi connectivity index (χ1) is 7.31. The Labute approximate surface area is 91.8 Å². The number of rotatable bonds is 5. The smallest absolute Gasteiger partial charge is 0.0279 e. The fourth-order valence-electron chi connectivity index (χ4n) is 2.22. The predicted octanol–water partition coefficient (Wildman–Crippen LogP) is 2.11. The normalized spacial score (nSPS) is 19.9. The van der Waals surface area contributed by atoms with Crippen LogP contribution >= 0.6 is 0 Å². The van der Waals surface area contributed by atoms with Gasteiger partial charge in [-0.25, -0.2) is 0 Å². The third-order valence-corrected chi connectivity index (χ3v) is 3.51. The molecular formula is C13H20N2. The molecule has 1 saturated carbocycles. The molecule has 1 aromatic carbocycles. The summed E-state index contributed by atoms with van der Waals surface area (Å²) in [5, 5.41) is 0. The molecule has 2 rings (SSSR count). The first kappa shape index (κ1) is 10.7. The molecule has 0 radical (unpaired) electrons. The minimum absolute atomic E-state index is 0.417. The third-order valence-electron chi connectivity index (χ3n) is 3.51. The van der Waals surface area contributed by atoms with E-state index >= 15 is 0 Å². The zero-order valence-corrected chi connectivity index (χ0v) is 9.32.